The van der Waals surface area contributed by atoms with Crippen LogP contribution in [0.1, 0.15) is 25.6 Å². The molecule has 102 valence electrons. The van der Waals surface area contributed by atoms with E-state index in [1.54, 1.807) is 11.6 Å². The third kappa shape index (κ3) is 4.11. The minimum absolute atomic E-state index is 0.239. The van der Waals surface area contributed by atoms with Gasteiger partial charge in [0, 0.05) is 0 Å². The van der Waals surface area contributed by atoms with Gasteiger partial charge in [0.05, 0.1) is 18.3 Å². The Kier molecular flexibility index (Phi) is 5.00. The van der Waals surface area contributed by atoms with Gasteiger partial charge in [-0.15, -0.1) is 5.10 Å². The molecule has 19 heavy (non-hydrogen) atoms. The van der Waals surface area contributed by atoms with E-state index in [0.29, 0.717) is 6.54 Å². The summed E-state index contributed by atoms with van der Waals surface area (Å²) in [6.45, 7) is 3.25. The second kappa shape index (κ2) is 6.96. The Morgan fingerprint density at radius 2 is 2.11 bits per heavy atom. The van der Waals surface area contributed by atoms with Gasteiger partial charge >= 0.3 is 0 Å². The summed E-state index contributed by atoms with van der Waals surface area (Å²) < 4.78 is 1.72. The van der Waals surface area contributed by atoms with Crippen molar-refractivity contribution in [2.24, 2.45) is 0 Å². The summed E-state index contributed by atoms with van der Waals surface area (Å²) in [5.41, 5.74) is 0.952. The first kappa shape index (κ1) is 13.6. The number of nitrogens with zero attached hydrogens (tertiary/aromatic N) is 4. The molecule has 0 spiro atoms. The molecular formula is C13H19N5O. The largest absolute Gasteiger partial charge is 0.393 e. The molecule has 2 aromatic rings. The van der Waals surface area contributed by atoms with E-state index in [4.69, 9.17) is 5.11 Å². The Hall–Kier alpha value is -1.79. The number of para-hydroxylation sites is 1. The van der Waals surface area contributed by atoms with E-state index in [0.717, 1.165) is 30.9 Å². The van der Waals surface area contributed by atoms with Crippen LogP contribution >= 0.6 is 0 Å². The van der Waals surface area contributed by atoms with Crippen LogP contribution in [0.15, 0.2) is 30.3 Å². The third-order valence-corrected chi connectivity index (χ3v) is 2.79. The molecule has 0 bridgehead atoms. The second-order valence-electron chi connectivity index (χ2n) is 4.51. The predicted octanol–water partition coefficient (Wildman–Crippen LogP) is 0.913. The lowest BCUT2D eigenvalue weighted by atomic mass is 10.2. The number of aliphatic hydroxyl groups is 1. The van der Waals surface area contributed by atoms with Crippen molar-refractivity contribution in [1.29, 1.82) is 0 Å². The highest BCUT2D eigenvalue weighted by Gasteiger charge is 2.06. The summed E-state index contributed by atoms with van der Waals surface area (Å²) in [6.07, 6.45) is 1.50. The van der Waals surface area contributed by atoms with Gasteiger partial charge in [0.1, 0.15) is 0 Å². The van der Waals surface area contributed by atoms with Gasteiger partial charge in [-0.05, 0) is 48.9 Å². The molecule has 0 aliphatic carbocycles. The highest BCUT2D eigenvalue weighted by molar-refractivity contribution is 5.30. The van der Waals surface area contributed by atoms with Crippen molar-refractivity contribution < 1.29 is 5.11 Å². The molecular weight excluding hydrogens is 242 g/mol. The maximum atomic E-state index is 9.16. The van der Waals surface area contributed by atoms with Crippen molar-refractivity contribution >= 4 is 0 Å². The van der Waals surface area contributed by atoms with Gasteiger partial charge in [-0.3, -0.25) is 0 Å². The Bertz CT molecular complexity index is 483. The van der Waals surface area contributed by atoms with E-state index < -0.39 is 0 Å². The quantitative estimate of drug-likeness (QED) is 0.725. The van der Waals surface area contributed by atoms with E-state index >= 15 is 0 Å². The minimum atomic E-state index is -0.239. The zero-order chi connectivity index (χ0) is 13.5. The Morgan fingerprint density at radius 1 is 1.32 bits per heavy atom. The molecule has 0 aliphatic rings. The number of rotatable bonds is 7. The van der Waals surface area contributed by atoms with Gasteiger partial charge < -0.3 is 10.4 Å². The monoisotopic (exact) mass is 261 g/mol. The minimum Gasteiger partial charge on any atom is -0.393 e. The molecule has 1 aromatic carbocycles. The summed E-state index contributed by atoms with van der Waals surface area (Å²) in [7, 11) is 0. The van der Waals surface area contributed by atoms with Crippen LogP contribution in [0.2, 0.25) is 0 Å². The standard InChI is InChI=1S/C13H19N5O/c1-11(19)6-5-9-14-10-13-15-16-17-18(13)12-7-3-2-4-8-12/h2-4,7-8,11,14,19H,5-6,9-10H2,1H3. The SMILES string of the molecule is CC(O)CCCNCc1nnnn1-c1ccccc1. The predicted molar refractivity (Wildman–Crippen MR) is 71.8 cm³/mol. The van der Waals surface area contributed by atoms with Crippen LogP contribution in [-0.4, -0.2) is 38.0 Å². The smallest absolute Gasteiger partial charge is 0.170 e. The fraction of sp³-hybridized carbons (Fsp3) is 0.462. The first-order valence-corrected chi connectivity index (χ1v) is 6.49. The lowest BCUT2D eigenvalue weighted by Gasteiger charge is -2.07. The molecule has 6 nitrogen and oxygen atoms in total. The van der Waals surface area contributed by atoms with E-state index in [2.05, 4.69) is 20.8 Å². The molecule has 0 saturated carbocycles. The van der Waals surface area contributed by atoms with Gasteiger partial charge in [0.2, 0.25) is 0 Å². The van der Waals surface area contributed by atoms with E-state index in [1.807, 2.05) is 30.3 Å². The van der Waals surface area contributed by atoms with Crippen molar-refractivity contribution in [2.75, 3.05) is 6.54 Å². The number of aliphatic hydroxyl groups excluding tert-OH is 1. The van der Waals surface area contributed by atoms with E-state index in [1.165, 1.54) is 0 Å². The average Bonchev–Trinajstić information content (AvgIpc) is 2.87. The fourth-order valence-corrected chi connectivity index (χ4v) is 1.81. The number of aromatic nitrogens is 4. The topological polar surface area (TPSA) is 75.9 Å². The third-order valence-electron chi connectivity index (χ3n) is 2.79. The normalized spacial score (nSPS) is 12.5. The van der Waals surface area contributed by atoms with Gasteiger partial charge in [0.25, 0.3) is 0 Å². The Morgan fingerprint density at radius 3 is 2.84 bits per heavy atom. The maximum absolute atomic E-state index is 9.16. The molecule has 2 N–H and O–H groups in total. The number of benzene rings is 1. The first-order chi connectivity index (χ1) is 9.27. The summed E-state index contributed by atoms with van der Waals surface area (Å²) in [6, 6.07) is 9.80. The molecule has 1 atom stereocenters. The molecule has 1 aromatic heterocycles. The van der Waals surface area contributed by atoms with Crippen molar-refractivity contribution in [3.05, 3.63) is 36.2 Å². The molecule has 0 radical (unpaired) electrons. The average molecular weight is 261 g/mol. The van der Waals surface area contributed by atoms with Crippen molar-refractivity contribution in [2.45, 2.75) is 32.4 Å². The van der Waals surface area contributed by atoms with Crippen molar-refractivity contribution in [1.82, 2.24) is 25.5 Å². The van der Waals surface area contributed by atoms with Gasteiger partial charge in [-0.25, -0.2) is 0 Å². The van der Waals surface area contributed by atoms with Crippen LogP contribution < -0.4 is 5.32 Å². The molecule has 1 heterocycles. The molecule has 1 unspecified atom stereocenters. The zero-order valence-electron chi connectivity index (χ0n) is 11.0. The van der Waals surface area contributed by atoms with E-state index in [9.17, 15) is 0 Å². The Balaban J connectivity index is 1.87. The fourth-order valence-electron chi connectivity index (χ4n) is 1.81. The van der Waals surface area contributed by atoms with Crippen LogP contribution in [0.5, 0.6) is 0 Å². The highest BCUT2D eigenvalue weighted by Crippen LogP contribution is 2.06. The Labute approximate surface area is 112 Å². The van der Waals surface area contributed by atoms with Crippen molar-refractivity contribution in [3.8, 4) is 5.69 Å². The van der Waals surface area contributed by atoms with Crippen molar-refractivity contribution in [3.63, 3.8) is 0 Å². The van der Waals surface area contributed by atoms with E-state index in [-0.39, 0.29) is 6.10 Å². The highest BCUT2D eigenvalue weighted by atomic mass is 16.3. The van der Waals surface area contributed by atoms with Crippen LogP contribution in [0.3, 0.4) is 0 Å². The molecule has 0 amide bonds. The van der Waals surface area contributed by atoms with Crippen LogP contribution in [0.25, 0.3) is 5.69 Å². The van der Waals surface area contributed by atoms with Gasteiger partial charge in [-0.2, -0.15) is 4.68 Å². The summed E-state index contributed by atoms with van der Waals surface area (Å²) >= 11 is 0. The maximum Gasteiger partial charge on any atom is 0.170 e. The van der Waals surface area contributed by atoms with Crippen LogP contribution in [0, 0.1) is 0 Å². The first-order valence-electron chi connectivity index (χ1n) is 6.49. The summed E-state index contributed by atoms with van der Waals surface area (Å²) in [5, 5.41) is 24.2. The molecule has 0 saturated heterocycles. The van der Waals surface area contributed by atoms with Crippen LogP contribution in [-0.2, 0) is 6.54 Å². The summed E-state index contributed by atoms with van der Waals surface area (Å²) in [4.78, 5) is 0. The number of tetrazole rings is 1. The number of nitrogens with one attached hydrogen (secondary N) is 1. The second-order valence-corrected chi connectivity index (χ2v) is 4.51. The van der Waals surface area contributed by atoms with Gasteiger partial charge in [-0.1, -0.05) is 18.2 Å². The number of hydrogen-bond acceptors (Lipinski definition) is 5. The molecule has 0 aliphatic heterocycles. The molecule has 2 rings (SSSR count). The lowest BCUT2D eigenvalue weighted by Crippen LogP contribution is -2.19. The lowest BCUT2D eigenvalue weighted by molar-refractivity contribution is 0.181. The molecule has 0 fully saturated rings. The van der Waals surface area contributed by atoms with Gasteiger partial charge in [0.15, 0.2) is 5.82 Å². The number of hydrogen-bond donors (Lipinski definition) is 2. The zero-order valence-corrected chi connectivity index (χ0v) is 11.0. The summed E-state index contributed by atoms with van der Waals surface area (Å²) in [5.74, 6) is 0.781. The van der Waals surface area contributed by atoms with Crippen LogP contribution in [0.4, 0.5) is 0 Å². The molecule has 6 heteroatoms.